The van der Waals surface area contributed by atoms with Crippen molar-refractivity contribution >= 4 is 29.1 Å². The van der Waals surface area contributed by atoms with Crippen molar-refractivity contribution in [1.29, 1.82) is 0 Å². The zero-order chi connectivity index (χ0) is 20.7. The van der Waals surface area contributed by atoms with Crippen molar-refractivity contribution in [2.45, 2.75) is 20.3 Å². The molecule has 146 valence electrons. The molecule has 7 heteroatoms. The van der Waals surface area contributed by atoms with Crippen molar-refractivity contribution < 1.29 is 23.2 Å². The number of nitrogens with zero attached hydrogens (tertiary/aromatic N) is 1. The summed E-state index contributed by atoms with van der Waals surface area (Å²) in [5, 5.41) is 2.60. The molecule has 3 aromatic rings. The summed E-state index contributed by atoms with van der Waals surface area (Å²) < 4.78 is 20.0. The highest BCUT2D eigenvalue weighted by atomic mass is 19.1. The molecule has 1 aromatic heterocycles. The molecular weight excluding hydrogens is 375 g/mol. The summed E-state index contributed by atoms with van der Waals surface area (Å²) >= 11 is 0. The van der Waals surface area contributed by atoms with Gasteiger partial charge in [-0.3, -0.25) is 14.4 Å². The van der Waals surface area contributed by atoms with E-state index in [0.717, 1.165) is 11.0 Å². The number of furan rings is 1. The monoisotopic (exact) mass is 392 g/mol. The number of nitrogens with one attached hydrogen (secondary N) is 1. The summed E-state index contributed by atoms with van der Waals surface area (Å²) in [7, 11) is 0. The molecule has 2 heterocycles. The molecule has 3 amide bonds. The number of carbonyl (C=O) groups is 3. The van der Waals surface area contributed by atoms with Gasteiger partial charge in [0.05, 0.1) is 18.4 Å². The van der Waals surface area contributed by atoms with Crippen LogP contribution in [0.15, 0.2) is 53.1 Å². The molecule has 0 spiro atoms. The molecule has 6 nitrogen and oxygen atoms in total. The average molecular weight is 392 g/mol. The molecule has 0 fully saturated rings. The van der Waals surface area contributed by atoms with Crippen LogP contribution in [0, 0.1) is 19.7 Å². The number of imide groups is 1. The number of aryl methyl sites for hydroxylation is 2. The van der Waals surface area contributed by atoms with Gasteiger partial charge in [-0.15, -0.1) is 0 Å². The molecule has 0 bridgehead atoms. The summed E-state index contributed by atoms with van der Waals surface area (Å²) in [6.07, 6.45) is 1.41. The molecule has 2 aromatic carbocycles. The van der Waals surface area contributed by atoms with Gasteiger partial charge in [0, 0.05) is 16.8 Å². The normalized spacial score (nSPS) is 13.4. The molecule has 29 heavy (non-hydrogen) atoms. The van der Waals surface area contributed by atoms with E-state index < -0.39 is 23.5 Å². The number of benzene rings is 2. The molecule has 0 radical (unpaired) electrons. The Morgan fingerprint density at radius 3 is 2.59 bits per heavy atom. The Bertz CT molecular complexity index is 1170. The molecular formula is C22H17FN2O4. The fourth-order valence-corrected chi connectivity index (χ4v) is 3.36. The predicted octanol–water partition coefficient (Wildman–Crippen LogP) is 4.02. The van der Waals surface area contributed by atoms with Gasteiger partial charge in [-0.25, -0.2) is 9.29 Å². The maximum absolute atomic E-state index is 14.9. The Labute approximate surface area is 165 Å². The van der Waals surface area contributed by atoms with Crippen molar-refractivity contribution in [3.05, 3.63) is 82.6 Å². The van der Waals surface area contributed by atoms with Crippen LogP contribution in [0.3, 0.4) is 0 Å². The number of rotatable bonds is 3. The first-order chi connectivity index (χ1) is 13.9. The molecule has 0 saturated heterocycles. The van der Waals surface area contributed by atoms with Crippen molar-refractivity contribution in [3.63, 3.8) is 0 Å². The Hall–Kier alpha value is -3.74. The number of anilines is 2. The third kappa shape index (κ3) is 3.20. The SMILES string of the molecule is Cc1cc(N2C(=O)Cc3ccccc3C2=O)c(F)cc1NC(=O)c1occc1C. The molecule has 4 rings (SSSR count). The van der Waals surface area contributed by atoms with Gasteiger partial charge in [0.25, 0.3) is 11.8 Å². The number of hydrogen-bond acceptors (Lipinski definition) is 4. The summed E-state index contributed by atoms with van der Waals surface area (Å²) in [5.74, 6) is -2.25. The van der Waals surface area contributed by atoms with Crippen LogP contribution in [-0.2, 0) is 11.2 Å². The van der Waals surface area contributed by atoms with Crippen molar-refractivity contribution in [1.82, 2.24) is 0 Å². The first kappa shape index (κ1) is 18.6. The van der Waals surface area contributed by atoms with E-state index >= 15 is 0 Å². The second kappa shape index (κ2) is 7.01. The lowest BCUT2D eigenvalue weighted by Gasteiger charge is -2.27. The van der Waals surface area contributed by atoms with E-state index in [4.69, 9.17) is 4.42 Å². The van der Waals surface area contributed by atoms with Gasteiger partial charge in [-0.1, -0.05) is 18.2 Å². The minimum Gasteiger partial charge on any atom is -0.459 e. The standard InChI is InChI=1S/C22H17FN2O4/c1-12-7-8-29-20(12)21(27)24-17-11-16(23)18(9-13(17)2)25-19(26)10-14-5-3-4-6-15(14)22(25)28/h3-9,11H,10H2,1-2H3,(H,24,27). The quantitative estimate of drug-likeness (QED) is 0.683. The highest BCUT2D eigenvalue weighted by molar-refractivity contribution is 6.24. The van der Waals surface area contributed by atoms with Crippen LogP contribution in [0.5, 0.6) is 0 Å². The van der Waals surface area contributed by atoms with E-state index in [1.54, 1.807) is 44.2 Å². The van der Waals surface area contributed by atoms with Crippen LogP contribution < -0.4 is 10.2 Å². The second-order valence-electron chi connectivity index (χ2n) is 6.87. The summed E-state index contributed by atoms with van der Waals surface area (Å²) in [6, 6.07) is 10.9. The number of amides is 3. The largest absolute Gasteiger partial charge is 0.459 e. The predicted molar refractivity (Wildman–Crippen MR) is 104 cm³/mol. The van der Waals surface area contributed by atoms with Crippen LogP contribution in [0.1, 0.15) is 37.6 Å². The highest BCUT2D eigenvalue weighted by Gasteiger charge is 2.33. The average Bonchev–Trinajstić information content (AvgIpc) is 3.11. The first-order valence-corrected chi connectivity index (χ1v) is 8.97. The molecule has 0 aliphatic carbocycles. The lowest BCUT2D eigenvalue weighted by Crippen LogP contribution is -2.43. The topological polar surface area (TPSA) is 79.6 Å². The second-order valence-corrected chi connectivity index (χ2v) is 6.87. The lowest BCUT2D eigenvalue weighted by atomic mass is 9.97. The van der Waals surface area contributed by atoms with Gasteiger partial charge in [0.2, 0.25) is 5.91 Å². The maximum Gasteiger partial charge on any atom is 0.291 e. The number of fused-ring (bicyclic) bond motifs is 1. The highest BCUT2D eigenvalue weighted by Crippen LogP contribution is 2.31. The summed E-state index contributed by atoms with van der Waals surface area (Å²) in [4.78, 5) is 38.5. The Balaban J connectivity index is 1.67. The van der Waals surface area contributed by atoms with Gasteiger partial charge in [0.15, 0.2) is 5.76 Å². The van der Waals surface area contributed by atoms with Gasteiger partial charge < -0.3 is 9.73 Å². The number of carbonyl (C=O) groups excluding carboxylic acids is 3. The lowest BCUT2D eigenvalue weighted by molar-refractivity contribution is -0.117. The van der Waals surface area contributed by atoms with Gasteiger partial charge in [0.1, 0.15) is 5.82 Å². The molecule has 0 saturated carbocycles. The molecule has 1 N–H and O–H groups in total. The van der Waals surface area contributed by atoms with Crippen LogP contribution >= 0.6 is 0 Å². The summed E-state index contributed by atoms with van der Waals surface area (Å²) in [6.45, 7) is 3.38. The van der Waals surface area contributed by atoms with E-state index in [-0.39, 0.29) is 23.6 Å². The zero-order valence-electron chi connectivity index (χ0n) is 15.8. The van der Waals surface area contributed by atoms with E-state index in [1.165, 1.54) is 12.3 Å². The maximum atomic E-state index is 14.9. The van der Waals surface area contributed by atoms with E-state index in [9.17, 15) is 18.8 Å². The third-order valence-corrected chi connectivity index (χ3v) is 4.89. The van der Waals surface area contributed by atoms with Crippen LogP contribution in [0.2, 0.25) is 0 Å². The van der Waals surface area contributed by atoms with Gasteiger partial charge >= 0.3 is 0 Å². The van der Waals surface area contributed by atoms with Crippen LogP contribution in [-0.4, -0.2) is 17.7 Å². The van der Waals surface area contributed by atoms with Crippen LogP contribution in [0.4, 0.5) is 15.8 Å². The Morgan fingerprint density at radius 1 is 1.10 bits per heavy atom. The number of hydrogen-bond donors (Lipinski definition) is 1. The first-order valence-electron chi connectivity index (χ1n) is 8.97. The minimum absolute atomic E-state index is 0.0106. The van der Waals surface area contributed by atoms with E-state index in [1.807, 2.05) is 0 Å². The zero-order valence-corrected chi connectivity index (χ0v) is 15.8. The molecule has 1 aliphatic rings. The third-order valence-electron chi connectivity index (χ3n) is 4.89. The Kier molecular flexibility index (Phi) is 4.50. The van der Waals surface area contributed by atoms with E-state index in [0.29, 0.717) is 22.3 Å². The summed E-state index contributed by atoms with van der Waals surface area (Å²) in [5.41, 5.74) is 2.23. The van der Waals surface area contributed by atoms with Gasteiger partial charge in [-0.05, 0) is 49.2 Å². The van der Waals surface area contributed by atoms with Crippen LogP contribution in [0.25, 0.3) is 0 Å². The van der Waals surface area contributed by atoms with E-state index in [2.05, 4.69) is 5.32 Å². The fraction of sp³-hybridized carbons (Fsp3) is 0.136. The van der Waals surface area contributed by atoms with Gasteiger partial charge in [-0.2, -0.15) is 0 Å². The molecule has 0 unspecified atom stereocenters. The van der Waals surface area contributed by atoms with Crippen molar-refractivity contribution in [3.8, 4) is 0 Å². The molecule has 0 atom stereocenters. The number of halogens is 1. The molecule has 1 aliphatic heterocycles. The van der Waals surface area contributed by atoms with Crippen molar-refractivity contribution in [2.24, 2.45) is 0 Å². The minimum atomic E-state index is -0.789. The Morgan fingerprint density at radius 2 is 1.86 bits per heavy atom. The smallest absolute Gasteiger partial charge is 0.291 e. The fourth-order valence-electron chi connectivity index (χ4n) is 3.36. The van der Waals surface area contributed by atoms with Crippen molar-refractivity contribution in [2.75, 3.05) is 10.2 Å².